The van der Waals surface area contributed by atoms with Crippen LogP contribution in [0.4, 0.5) is 0 Å². The van der Waals surface area contributed by atoms with Crippen molar-refractivity contribution in [3.8, 4) is 16.9 Å². The molecule has 3 rings (SSSR count). The number of pyridine rings is 1. The van der Waals surface area contributed by atoms with E-state index in [0.717, 1.165) is 24.0 Å². The Bertz CT molecular complexity index is 520. The third-order valence-electron chi connectivity index (χ3n) is 3.18. The first-order valence-electron chi connectivity index (χ1n) is 5.60. The van der Waals surface area contributed by atoms with Crippen molar-refractivity contribution in [2.45, 2.75) is 19.3 Å². The molecule has 0 atom stereocenters. The monoisotopic (exact) mass is 211 g/mol. The lowest BCUT2D eigenvalue weighted by Gasteiger charge is -2.07. The highest BCUT2D eigenvalue weighted by Gasteiger charge is 2.15. The number of aromatic hydroxyl groups is 1. The second-order valence-corrected chi connectivity index (χ2v) is 4.23. The lowest BCUT2D eigenvalue weighted by atomic mass is 10.0. The Morgan fingerprint density at radius 1 is 1.12 bits per heavy atom. The van der Waals surface area contributed by atoms with Crippen LogP contribution in [0, 0.1) is 0 Å². The molecule has 0 bridgehead atoms. The van der Waals surface area contributed by atoms with Gasteiger partial charge in [-0.1, -0.05) is 6.07 Å². The van der Waals surface area contributed by atoms with E-state index in [4.69, 9.17) is 0 Å². The topological polar surface area (TPSA) is 33.1 Å². The Morgan fingerprint density at radius 3 is 2.69 bits per heavy atom. The lowest BCUT2D eigenvalue weighted by Crippen LogP contribution is -1.86. The fourth-order valence-electron chi connectivity index (χ4n) is 2.36. The molecule has 0 unspecified atom stereocenters. The van der Waals surface area contributed by atoms with E-state index in [1.54, 1.807) is 12.4 Å². The molecule has 0 aliphatic heterocycles. The van der Waals surface area contributed by atoms with Crippen LogP contribution in [0.1, 0.15) is 17.5 Å². The van der Waals surface area contributed by atoms with Gasteiger partial charge in [-0.15, -0.1) is 0 Å². The predicted octanol–water partition coefficient (Wildman–Crippen LogP) is 2.94. The maximum absolute atomic E-state index is 10.0. The van der Waals surface area contributed by atoms with Gasteiger partial charge in [0, 0.05) is 23.5 Å². The maximum Gasteiger partial charge on any atom is 0.123 e. The zero-order valence-electron chi connectivity index (χ0n) is 8.98. The first-order valence-corrected chi connectivity index (χ1v) is 5.60. The van der Waals surface area contributed by atoms with E-state index in [-0.39, 0.29) is 0 Å². The minimum absolute atomic E-state index is 0.369. The summed E-state index contributed by atoms with van der Waals surface area (Å²) in [6, 6.07) is 7.88. The molecule has 0 spiro atoms. The molecule has 16 heavy (non-hydrogen) atoms. The summed E-state index contributed by atoms with van der Waals surface area (Å²) in [6.45, 7) is 0. The van der Waals surface area contributed by atoms with E-state index in [9.17, 15) is 5.11 Å². The molecule has 1 aliphatic rings. The van der Waals surface area contributed by atoms with Gasteiger partial charge in [0.15, 0.2) is 0 Å². The van der Waals surface area contributed by atoms with E-state index in [2.05, 4.69) is 11.1 Å². The van der Waals surface area contributed by atoms with Crippen molar-refractivity contribution < 1.29 is 5.11 Å². The summed E-state index contributed by atoms with van der Waals surface area (Å²) in [5.74, 6) is 0.369. The summed E-state index contributed by atoms with van der Waals surface area (Å²) in [4.78, 5) is 4.08. The molecule has 1 aromatic carbocycles. The first-order chi connectivity index (χ1) is 7.84. The predicted molar refractivity (Wildman–Crippen MR) is 63.4 cm³/mol. The Morgan fingerprint density at radius 2 is 1.94 bits per heavy atom. The molecule has 1 aromatic heterocycles. The molecule has 1 N–H and O–H groups in total. The second-order valence-electron chi connectivity index (χ2n) is 4.23. The van der Waals surface area contributed by atoms with Crippen molar-refractivity contribution in [2.75, 3.05) is 0 Å². The molecule has 80 valence electrons. The van der Waals surface area contributed by atoms with Gasteiger partial charge in [0.25, 0.3) is 0 Å². The van der Waals surface area contributed by atoms with Crippen molar-refractivity contribution in [1.82, 2.24) is 4.98 Å². The molecule has 0 amide bonds. The number of aromatic nitrogens is 1. The smallest absolute Gasteiger partial charge is 0.123 e. The van der Waals surface area contributed by atoms with Gasteiger partial charge in [-0.2, -0.15) is 0 Å². The fourth-order valence-corrected chi connectivity index (χ4v) is 2.36. The molecule has 0 saturated carbocycles. The number of aryl methyl sites for hydroxylation is 2. The van der Waals surface area contributed by atoms with E-state index in [1.807, 2.05) is 18.2 Å². The van der Waals surface area contributed by atoms with Crippen LogP contribution in [-0.4, -0.2) is 10.1 Å². The number of phenols is 1. The molecule has 0 saturated heterocycles. The van der Waals surface area contributed by atoms with Crippen LogP contribution in [0.5, 0.6) is 5.75 Å². The number of fused-ring (bicyclic) bond motifs is 1. The van der Waals surface area contributed by atoms with Gasteiger partial charge in [-0.3, -0.25) is 4.98 Å². The Labute approximate surface area is 94.6 Å². The zero-order valence-corrected chi connectivity index (χ0v) is 8.98. The second kappa shape index (κ2) is 3.63. The molecule has 0 fully saturated rings. The van der Waals surface area contributed by atoms with Gasteiger partial charge in [0.1, 0.15) is 5.75 Å². The van der Waals surface area contributed by atoms with Crippen LogP contribution in [0.3, 0.4) is 0 Å². The third kappa shape index (κ3) is 1.47. The average molecular weight is 211 g/mol. The lowest BCUT2D eigenvalue weighted by molar-refractivity contribution is 0.476. The van der Waals surface area contributed by atoms with Crippen molar-refractivity contribution in [3.05, 3.63) is 47.8 Å². The highest BCUT2D eigenvalue weighted by Crippen LogP contribution is 2.34. The summed E-state index contributed by atoms with van der Waals surface area (Å²) in [7, 11) is 0. The molecule has 2 aromatic rings. The highest BCUT2D eigenvalue weighted by molar-refractivity contribution is 5.71. The van der Waals surface area contributed by atoms with Crippen molar-refractivity contribution >= 4 is 0 Å². The van der Waals surface area contributed by atoms with Crippen LogP contribution < -0.4 is 0 Å². The van der Waals surface area contributed by atoms with Crippen molar-refractivity contribution in [1.29, 1.82) is 0 Å². The van der Waals surface area contributed by atoms with Gasteiger partial charge >= 0.3 is 0 Å². The van der Waals surface area contributed by atoms with E-state index < -0.39 is 0 Å². The summed E-state index contributed by atoms with van der Waals surface area (Å²) < 4.78 is 0. The van der Waals surface area contributed by atoms with E-state index >= 15 is 0 Å². The standard InChI is InChI=1S/C14H13NO/c16-14-8-11-4-1-3-10(11)7-13(14)12-5-2-6-15-9-12/h2,5-9,16H,1,3-4H2. The number of phenolic OH excluding ortho intramolecular Hbond substituents is 1. The minimum atomic E-state index is 0.369. The Balaban J connectivity index is 2.15. The van der Waals surface area contributed by atoms with Gasteiger partial charge < -0.3 is 5.11 Å². The van der Waals surface area contributed by atoms with Crippen LogP contribution in [0.15, 0.2) is 36.7 Å². The van der Waals surface area contributed by atoms with E-state index in [0.29, 0.717) is 5.75 Å². The molecule has 2 heteroatoms. The molecular weight excluding hydrogens is 198 g/mol. The molecule has 2 nitrogen and oxygen atoms in total. The molecule has 1 aliphatic carbocycles. The number of rotatable bonds is 1. The average Bonchev–Trinajstić information content (AvgIpc) is 2.76. The van der Waals surface area contributed by atoms with Crippen LogP contribution in [0.2, 0.25) is 0 Å². The molecule has 0 radical (unpaired) electrons. The number of hydrogen-bond acceptors (Lipinski definition) is 2. The summed E-state index contributed by atoms with van der Waals surface area (Å²) in [5.41, 5.74) is 4.55. The molecular formula is C14H13NO. The largest absolute Gasteiger partial charge is 0.507 e. The maximum atomic E-state index is 10.0. The normalized spacial score (nSPS) is 13.8. The van der Waals surface area contributed by atoms with Crippen LogP contribution in [0.25, 0.3) is 11.1 Å². The van der Waals surface area contributed by atoms with Gasteiger partial charge in [-0.25, -0.2) is 0 Å². The van der Waals surface area contributed by atoms with Gasteiger partial charge in [-0.05, 0) is 48.6 Å². The fraction of sp³-hybridized carbons (Fsp3) is 0.214. The van der Waals surface area contributed by atoms with Crippen LogP contribution in [-0.2, 0) is 12.8 Å². The zero-order chi connectivity index (χ0) is 11.0. The first kappa shape index (κ1) is 9.40. The SMILES string of the molecule is Oc1cc2c(cc1-c1cccnc1)CCC2. The number of nitrogens with zero attached hydrogens (tertiary/aromatic N) is 1. The van der Waals surface area contributed by atoms with Gasteiger partial charge in [0.2, 0.25) is 0 Å². The summed E-state index contributed by atoms with van der Waals surface area (Å²) in [5, 5.41) is 10.0. The molecule has 1 heterocycles. The minimum Gasteiger partial charge on any atom is -0.507 e. The Hall–Kier alpha value is -1.83. The Kier molecular flexibility index (Phi) is 2.13. The summed E-state index contributed by atoms with van der Waals surface area (Å²) in [6.07, 6.45) is 6.95. The summed E-state index contributed by atoms with van der Waals surface area (Å²) >= 11 is 0. The third-order valence-corrected chi connectivity index (χ3v) is 3.18. The van der Waals surface area contributed by atoms with E-state index in [1.165, 1.54) is 17.5 Å². The van der Waals surface area contributed by atoms with Crippen LogP contribution >= 0.6 is 0 Å². The van der Waals surface area contributed by atoms with Gasteiger partial charge in [0.05, 0.1) is 0 Å². The number of benzene rings is 1. The highest BCUT2D eigenvalue weighted by atomic mass is 16.3. The van der Waals surface area contributed by atoms with Crippen molar-refractivity contribution in [3.63, 3.8) is 0 Å². The number of hydrogen-bond donors (Lipinski definition) is 1. The quantitative estimate of drug-likeness (QED) is 0.786. The van der Waals surface area contributed by atoms with Crippen molar-refractivity contribution in [2.24, 2.45) is 0 Å².